The zero-order chi connectivity index (χ0) is 20.9. The zero-order valence-electron chi connectivity index (χ0n) is 14.5. The minimum Gasteiger partial charge on any atom is -0.507 e. The van der Waals surface area contributed by atoms with Gasteiger partial charge in [-0.2, -0.15) is 0 Å². The zero-order valence-corrected chi connectivity index (χ0v) is 16.0. The van der Waals surface area contributed by atoms with Crippen LogP contribution in [-0.2, 0) is 24.4 Å². The molecule has 0 unspecified atom stereocenters. The highest BCUT2D eigenvalue weighted by atomic mass is 35.5. The lowest BCUT2D eigenvalue weighted by molar-refractivity contribution is -0.131. The van der Waals surface area contributed by atoms with Gasteiger partial charge < -0.3 is 10.4 Å². The molecule has 0 saturated carbocycles. The number of rotatable bonds is 6. The molecular weight excluding hydrogens is 408 g/mol. The van der Waals surface area contributed by atoms with Gasteiger partial charge in [-0.3, -0.25) is 14.4 Å². The Morgan fingerprint density at radius 1 is 1.00 bits per heavy atom. The van der Waals surface area contributed by atoms with Gasteiger partial charge in [-0.05, 0) is 48.5 Å². The van der Waals surface area contributed by atoms with Crippen molar-refractivity contribution in [1.29, 1.82) is 0 Å². The summed E-state index contributed by atoms with van der Waals surface area (Å²) in [5.74, 6) is -3.19. The Morgan fingerprint density at radius 3 is 2.11 bits per heavy atom. The van der Waals surface area contributed by atoms with Crippen LogP contribution in [0.1, 0.15) is 12.5 Å². The molecule has 2 aromatic carbocycles. The van der Waals surface area contributed by atoms with Crippen molar-refractivity contribution >= 4 is 50.7 Å². The number of hydrogen-bond acceptors (Lipinski definition) is 6. The van der Waals surface area contributed by atoms with Gasteiger partial charge in [0.1, 0.15) is 5.76 Å². The normalized spacial score (nSPS) is 11.6. The minimum atomic E-state index is -4.00. The fourth-order valence-electron chi connectivity index (χ4n) is 2.05. The summed E-state index contributed by atoms with van der Waals surface area (Å²) in [6, 6.07) is 10.8. The molecule has 0 saturated heterocycles. The van der Waals surface area contributed by atoms with Gasteiger partial charge in [0.2, 0.25) is 11.7 Å². The first-order valence-electron chi connectivity index (χ1n) is 7.74. The number of benzene rings is 2. The van der Waals surface area contributed by atoms with Gasteiger partial charge in [0.15, 0.2) is 0 Å². The van der Waals surface area contributed by atoms with Crippen LogP contribution in [0.15, 0.2) is 59.5 Å². The number of carbonyl (C=O) groups is 3. The van der Waals surface area contributed by atoms with E-state index in [4.69, 9.17) is 11.6 Å². The monoisotopic (exact) mass is 422 g/mol. The molecule has 2 amide bonds. The second-order valence-electron chi connectivity index (χ2n) is 5.54. The van der Waals surface area contributed by atoms with Crippen molar-refractivity contribution in [3.63, 3.8) is 0 Å². The standard InChI is InChI=1S/C18H15ClN2O6S/c1-11(22)21-28(26,27)15-8-6-14(7-9-15)20-18(25)17(24)10-16(23)12-2-4-13(19)5-3-12/h2-10,23H,1H3,(H,20,25)(H,21,22)/b16-10-. The lowest BCUT2D eigenvalue weighted by Crippen LogP contribution is -2.28. The van der Waals surface area contributed by atoms with E-state index in [2.05, 4.69) is 5.32 Å². The first-order chi connectivity index (χ1) is 13.1. The lowest BCUT2D eigenvalue weighted by Gasteiger charge is -2.07. The van der Waals surface area contributed by atoms with E-state index in [0.29, 0.717) is 10.6 Å². The molecule has 2 rings (SSSR count). The Balaban J connectivity index is 2.08. The fraction of sp³-hybridized carbons (Fsp3) is 0.0556. The molecule has 0 aliphatic carbocycles. The molecule has 8 nitrogen and oxygen atoms in total. The van der Waals surface area contributed by atoms with Gasteiger partial charge in [0.05, 0.1) is 4.90 Å². The van der Waals surface area contributed by atoms with E-state index in [9.17, 15) is 27.9 Å². The maximum Gasteiger partial charge on any atom is 0.296 e. The Bertz CT molecular complexity index is 1040. The predicted molar refractivity (Wildman–Crippen MR) is 103 cm³/mol. The molecule has 0 spiro atoms. The van der Waals surface area contributed by atoms with E-state index in [1.165, 1.54) is 36.4 Å². The molecule has 28 heavy (non-hydrogen) atoms. The molecule has 3 N–H and O–H groups in total. The van der Waals surface area contributed by atoms with Crippen molar-refractivity contribution in [1.82, 2.24) is 4.72 Å². The van der Waals surface area contributed by atoms with Crippen LogP contribution in [0.5, 0.6) is 0 Å². The van der Waals surface area contributed by atoms with Crippen molar-refractivity contribution in [3.05, 3.63) is 65.2 Å². The highest BCUT2D eigenvalue weighted by Gasteiger charge is 2.17. The van der Waals surface area contributed by atoms with Crippen LogP contribution in [0.4, 0.5) is 5.69 Å². The SMILES string of the molecule is CC(=O)NS(=O)(=O)c1ccc(NC(=O)C(=O)/C=C(\O)c2ccc(Cl)cc2)cc1. The van der Waals surface area contributed by atoms with Crippen molar-refractivity contribution < 1.29 is 27.9 Å². The molecule has 10 heteroatoms. The highest BCUT2D eigenvalue weighted by molar-refractivity contribution is 7.90. The van der Waals surface area contributed by atoms with Gasteiger partial charge in [-0.15, -0.1) is 0 Å². The number of amides is 2. The maximum atomic E-state index is 11.9. The van der Waals surface area contributed by atoms with E-state index < -0.39 is 33.4 Å². The molecule has 146 valence electrons. The summed E-state index contributed by atoms with van der Waals surface area (Å²) in [6.45, 7) is 1.06. The maximum absolute atomic E-state index is 11.9. The van der Waals surface area contributed by atoms with Crippen molar-refractivity contribution in [2.45, 2.75) is 11.8 Å². The molecular formula is C18H15ClN2O6S. The first kappa shape index (κ1) is 21.1. The largest absolute Gasteiger partial charge is 0.507 e. The number of hydrogen-bond donors (Lipinski definition) is 3. The number of nitrogens with one attached hydrogen (secondary N) is 2. The topological polar surface area (TPSA) is 130 Å². The number of aliphatic hydroxyl groups excluding tert-OH is 1. The predicted octanol–water partition coefficient (Wildman–Crippen LogP) is 2.27. The molecule has 0 fully saturated rings. The fourth-order valence-corrected chi connectivity index (χ4v) is 3.17. The highest BCUT2D eigenvalue weighted by Crippen LogP contribution is 2.16. The average Bonchev–Trinajstić information content (AvgIpc) is 2.61. The van der Waals surface area contributed by atoms with Crippen LogP contribution < -0.4 is 10.0 Å². The Kier molecular flexibility index (Phi) is 6.55. The Labute approximate surface area is 165 Å². The van der Waals surface area contributed by atoms with E-state index in [0.717, 1.165) is 25.1 Å². The van der Waals surface area contributed by atoms with Crippen LogP contribution >= 0.6 is 11.6 Å². The van der Waals surface area contributed by atoms with E-state index in [1.807, 2.05) is 0 Å². The summed E-state index contributed by atoms with van der Waals surface area (Å²) in [7, 11) is -4.00. The molecule has 0 bridgehead atoms. The average molecular weight is 423 g/mol. The Morgan fingerprint density at radius 2 is 1.57 bits per heavy atom. The number of anilines is 1. The third-order valence-electron chi connectivity index (χ3n) is 3.33. The van der Waals surface area contributed by atoms with Gasteiger partial charge in [-0.25, -0.2) is 13.1 Å². The third kappa shape index (κ3) is 5.66. The molecule has 0 atom stereocenters. The quantitative estimate of drug-likeness (QED) is 0.372. The number of ketones is 1. The summed E-state index contributed by atoms with van der Waals surface area (Å²) >= 11 is 5.74. The number of carbonyl (C=O) groups excluding carboxylic acids is 3. The van der Waals surface area contributed by atoms with E-state index >= 15 is 0 Å². The second kappa shape index (κ2) is 8.68. The van der Waals surface area contributed by atoms with Crippen LogP contribution in [0.25, 0.3) is 5.76 Å². The summed E-state index contributed by atoms with van der Waals surface area (Å²) in [4.78, 5) is 34.6. The molecule has 0 heterocycles. The Hall–Kier alpha value is -3.17. The molecule has 0 radical (unpaired) electrons. The van der Waals surface area contributed by atoms with Gasteiger partial charge in [-0.1, -0.05) is 11.6 Å². The number of halogens is 1. The van der Waals surface area contributed by atoms with Crippen molar-refractivity contribution in [2.75, 3.05) is 5.32 Å². The van der Waals surface area contributed by atoms with Crippen LogP contribution in [0, 0.1) is 0 Å². The van der Waals surface area contributed by atoms with E-state index in [-0.39, 0.29) is 10.6 Å². The van der Waals surface area contributed by atoms with Gasteiger partial charge in [0.25, 0.3) is 15.9 Å². The van der Waals surface area contributed by atoms with Crippen LogP contribution in [0.2, 0.25) is 5.02 Å². The van der Waals surface area contributed by atoms with Crippen LogP contribution in [-0.4, -0.2) is 31.1 Å². The molecule has 0 aliphatic heterocycles. The summed E-state index contributed by atoms with van der Waals surface area (Å²) in [5, 5.41) is 12.6. The molecule has 2 aromatic rings. The number of aliphatic hydroxyl groups is 1. The van der Waals surface area contributed by atoms with Crippen molar-refractivity contribution in [2.24, 2.45) is 0 Å². The molecule has 0 aromatic heterocycles. The number of sulfonamides is 1. The van der Waals surface area contributed by atoms with Gasteiger partial charge in [0, 0.05) is 29.3 Å². The smallest absolute Gasteiger partial charge is 0.296 e. The van der Waals surface area contributed by atoms with Crippen LogP contribution in [0.3, 0.4) is 0 Å². The first-order valence-corrected chi connectivity index (χ1v) is 9.60. The molecule has 0 aliphatic rings. The second-order valence-corrected chi connectivity index (χ2v) is 7.66. The lowest BCUT2D eigenvalue weighted by atomic mass is 10.1. The summed E-state index contributed by atoms with van der Waals surface area (Å²) < 4.78 is 25.5. The van der Waals surface area contributed by atoms with Gasteiger partial charge >= 0.3 is 0 Å². The minimum absolute atomic E-state index is 0.152. The summed E-state index contributed by atoms with van der Waals surface area (Å²) in [6.07, 6.45) is 0.758. The van der Waals surface area contributed by atoms with Crippen molar-refractivity contribution in [3.8, 4) is 0 Å². The van der Waals surface area contributed by atoms with E-state index in [1.54, 1.807) is 4.72 Å². The third-order valence-corrected chi connectivity index (χ3v) is 5.03. The summed E-state index contributed by atoms with van der Waals surface area (Å²) in [5.41, 5.74) is 0.456.